The van der Waals surface area contributed by atoms with Gasteiger partial charge in [-0.15, -0.1) is 0 Å². The minimum atomic E-state index is 0.0535. The highest BCUT2D eigenvalue weighted by molar-refractivity contribution is 6.30. The number of nitrogens with zero attached hydrogens (tertiary/aromatic N) is 1. The first-order chi connectivity index (χ1) is 9.58. The van der Waals surface area contributed by atoms with Gasteiger partial charge in [0.15, 0.2) is 0 Å². The van der Waals surface area contributed by atoms with E-state index in [4.69, 9.17) is 11.6 Å². The number of hydrogen-bond donors (Lipinski definition) is 1. The van der Waals surface area contributed by atoms with Gasteiger partial charge in [-0.2, -0.15) is 0 Å². The van der Waals surface area contributed by atoms with Crippen LogP contribution in [-0.4, -0.2) is 30.9 Å². The summed E-state index contributed by atoms with van der Waals surface area (Å²) in [6.07, 6.45) is 2.96. The summed E-state index contributed by atoms with van der Waals surface area (Å²) < 4.78 is 0. The molecular weight excluding hydrogens is 272 g/mol. The quantitative estimate of drug-likeness (QED) is 0.924. The van der Waals surface area contributed by atoms with Gasteiger partial charge in [-0.1, -0.05) is 23.7 Å². The molecule has 0 spiro atoms. The van der Waals surface area contributed by atoms with E-state index >= 15 is 0 Å². The van der Waals surface area contributed by atoms with Crippen molar-refractivity contribution in [3.63, 3.8) is 0 Å². The van der Waals surface area contributed by atoms with Crippen LogP contribution in [0.1, 0.15) is 37.8 Å². The zero-order valence-electron chi connectivity index (χ0n) is 12.2. The highest BCUT2D eigenvalue weighted by Crippen LogP contribution is 2.24. The SMILES string of the molecule is CC(c1cccc(Cl)c1)N(C)C(=O)CC1CCCNC1. The summed E-state index contributed by atoms with van der Waals surface area (Å²) in [6.45, 7) is 4.09. The van der Waals surface area contributed by atoms with E-state index in [-0.39, 0.29) is 11.9 Å². The summed E-state index contributed by atoms with van der Waals surface area (Å²) in [5.41, 5.74) is 1.08. The van der Waals surface area contributed by atoms with Gasteiger partial charge in [0.25, 0.3) is 0 Å². The number of halogens is 1. The largest absolute Gasteiger partial charge is 0.339 e. The first-order valence-electron chi connectivity index (χ1n) is 7.29. The average Bonchev–Trinajstić information content (AvgIpc) is 2.46. The predicted octanol–water partition coefficient (Wildman–Crippen LogP) is 3.25. The monoisotopic (exact) mass is 294 g/mol. The van der Waals surface area contributed by atoms with Gasteiger partial charge in [0.1, 0.15) is 0 Å². The lowest BCUT2D eigenvalue weighted by Gasteiger charge is -2.29. The van der Waals surface area contributed by atoms with Crippen molar-refractivity contribution in [1.82, 2.24) is 10.2 Å². The zero-order chi connectivity index (χ0) is 14.5. The van der Waals surface area contributed by atoms with Gasteiger partial charge in [-0.3, -0.25) is 4.79 Å². The van der Waals surface area contributed by atoms with E-state index < -0.39 is 0 Å². The van der Waals surface area contributed by atoms with Gasteiger partial charge in [-0.05, 0) is 56.5 Å². The summed E-state index contributed by atoms with van der Waals surface area (Å²) >= 11 is 6.02. The molecule has 1 saturated heterocycles. The van der Waals surface area contributed by atoms with Crippen LogP contribution in [0.25, 0.3) is 0 Å². The molecule has 110 valence electrons. The Labute approximate surface area is 126 Å². The van der Waals surface area contributed by atoms with Crippen LogP contribution in [0.2, 0.25) is 5.02 Å². The topological polar surface area (TPSA) is 32.3 Å². The third-order valence-electron chi connectivity index (χ3n) is 4.17. The minimum absolute atomic E-state index is 0.0535. The summed E-state index contributed by atoms with van der Waals surface area (Å²) in [5.74, 6) is 0.691. The van der Waals surface area contributed by atoms with Crippen LogP contribution < -0.4 is 5.32 Å². The molecule has 1 aromatic rings. The first kappa shape index (κ1) is 15.3. The van der Waals surface area contributed by atoms with E-state index in [1.54, 1.807) is 0 Å². The van der Waals surface area contributed by atoms with Crippen molar-refractivity contribution in [2.45, 2.75) is 32.2 Å². The van der Waals surface area contributed by atoms with Gasteiger partial charge >= 0.3 is 0 Å². The number of amides is 1. The van der Waals surface area contributed by atoms with Crippen LogP contribution in [0.15, 0.2) is 24.3 Å². The number of carbonyl (C=O) groups excluding carboxylic acids is 1. The third kappa shape index (κ3) is 3.97. The summed E-state index contributed by atoms with van der Waals surface area (Å²) in [7, 11) is 1.88. The molecule has 1 aliphatic heterocycles. The molecular formula is C16H23ClN2O. The van der Waals surface area contributed by atoms with Gasteiger partial charge in [0, 0.05) is 18.5 Å². The van der Waals surface area contributed by atoms with Crippen LogP contribution in [0.4, 0.5) is 0 Å². The lowest BCUT2D eigenvalue weighted by molar-refractivity contribution is -0.133. The Hall–Kier alpha value is -1.06. The summed E-state index contributed by atoms with van der Waals surface area (Å²) in [5, 5.41) is 4.07. The standard InChI is InChI=1S/C16H23ClN2O/c1-12(14-6-3-7-15(17)10-14)19(2)16(20)9-13-5-4-8-18-11-13/h3,6-7,10,12-13,18H,4-5,8-9,11H2,1-2H3. The highest BCUT2D eigenvalue weighted by atomic mass is 35.5. The average molecular weight is 295 g/mol. The van der Waals surface area contributed by atoms with E-state index in [0.717, 1.165) is 25.1 Å². The molecule has 1 amide bonds. The summed E-state index contributed by atoms with van der Waals surface area (Å²) in [4.78, 5) is 14.2. The molecule has 0 bridgehead atoms. The van der Waals surface area contributed by atoms with Crippen molar-refractivity contribution in [2.75, 3.05) is 20.1 Å². The van der Waals surface area contributed by atoms with E-state index in [2.05, 4.69) is 5.32 Å². The fourth-order valence-electron chi connectivity index (χ4n) is 2.70. The van der Waals surface area contributed by atoms with Crippen LogP contribution >= 0.6 is 11.6 Å². The Bertz CT molecular complexity index is 458. The molecule has 1 fully saturated rings. The van der Waals surface area contributed by atoms with E-state index in [9.17, 15) is 4.79 Å². The molecule has 1 aliphatic rings. The molecule has 1 aromatic carbocycles. The second-order valence-electron chi connectivity index (χ2n) is 5.65. The van der Waals surface area contributed by atoms with Gasteiger partial charge in [-0.25, -0.2) is 0 Å². The van der Waals surface area contributed by atoms with Gasteiger partial charge < -0.3 is 10.2 Å². The lowest BCUT2D eigenvalue weighted by Crippen LogP contribution is -2.36. The van der Waals surface area contributed by atoms with Crippen LogP contribution in [-0.2, 0) is 4.79 Å². The molecule has 0 saturated carbocycles. The van der Waals surface area contributed by atoms with Crippen molar-refractivity contribution in [2.24, 2.45) is 5.92 Å². The normalized spacial score (nSPS) is 20.4. The number of nitrogens with one attached hydrogen (secondary N) is 1. The highest BCUT2D eigenvalue weighted by Gasteiger charge is 2.22. The zero-order valence-corrected chi connectivity index (χ0v) is 13.0. The first-order valence-corrected chi connectivity index (χ1v) is 7.67. The van der Waals surface area contributed by atoms with Crippen molar-refractivity contribution < 1.29 is 4.79 Å². The Morgan fingerprint density at radius 3 is 3.00 bits per heavy atom. The smallest absolute Gasteiger partial charge is 0.223 e. The Kier molecular flexibility index (Phi) is 5.44. The number of carbonyl (C=O) groups is 1. The number of benzene rings is 1. The molecule has 4 heteroatoms. The van der Waals surface area contributed by atoms with E-state index in [1.807, 2.05) is 43.1 Å². The maximum atomic E-state index is 12.4. The molecule has 2 rings (SSSR count). The molecule has 3 nitrogen and oxygen atoms in total. The van der Waals surface area contributed by atoms with Crippen LogP contribution in [0.5, 0.6) is 0 Å². The Morgan fingerprint density at radius 1 is 1.55 bits per heavy atom. The van der Waals surface area contributed by atoms with Gasteiger partial charge in [0.2, 0.25) is 5.91 Å². The molecule has 0 aliphatic carbocycles. The maximum Gasteiger partial charge on any atom is 0.223 e. The van der Waals surface area contributed by atoms with Crippen molar-refractivity contribution in [3.8, 4) is 0 Å². The molecule has 2 unspecified atom stereocenters. The fraction of sp³-hybridized carbons (Fsp3) is 0.562. The number of hydrogen-bond acceptors (Lipinski definition) is 2. The number of rotatable bonds is 4. The van der Waals surface area contributed by atoms with Crippen molar-refractivity contribution in [3.05, 3.63) is 34.9 Å². The number of piperidine rings is 1. The third-order valence-corrected chi connectivity index (χ3v) is 4.40. The predicted molar refractivity (Wildman–Crippen MR) is 82.8 cm³/mol. The van der Waals surface area contributed by atoms with Crippen molar-refractivity contribution >= 4 is 17.5 Å². The second kappa shape index (κ2) is 7.09. The van der Waals surface area contributed by atoms with Crippen LogP contribution in [0.3, 0.4) is 0 Å². The Morgan fingerprint density at radius 2 is 2.35 bits per heavy atom. The van der Waals surface area contributed by atoms with Gasteiger partial charge in [0.05, 0.1) is 6.04 Å². The van der Waals surface area contributed by atoms with Crippen molar-refractivity contribution in [1.29, 1.82) is 0 Å². The molecule has 20 heavy (non-hydrogen) atoms. The second-order valence-corrected chi connectivity index (χ2v) is 6.09. The fourth-order valence-corrected chi connectivity index (χ4v) is 2.89. The molecule has 0 radical (unpaired) electrons. The Balaban J connectivity index is 1.95. The molecule has 0 aromatic heterocycles. The maximum absolute atomic E-state index is 12.4. The van der Waals surface area contributed by atoms with Crippen LogP contribution in [0, 0.1) is 5.92 Å². The van der Waals surface area contributed by atoms with E-state index in [1.165, 1.54) is 6.42 Å². The minimum Gasteiger partial charge on any atom is -0.339 e. The summed E-state index contributed by atoms with van der Waals surface area (Å²) in [6, 6.07) is 7.78. The molecule has 1 heterocycles. The van der Waals surface area contributed by atoms with E-state index in [0.29, 0.717) is 17.4 Å². The molecule has 1 N–H and O–H groups in total. The molecule has 2 atom stereocenters. The lowest BCUT2D eigenvalue weighted by atomic mass is 9.95.